The minimum atomic E-state index is 0.552. The summed E-state index contributed by atoms with van der Waals surface area (Å²) >= 11 is 1.76. The zero-order valence-corrected chi connectivity index (χ0v) is 6.96. The van der Waals surface area contributed by atoms with E-state index in [9.17, 15) is 0 Å². The van der Waals surface area contributed by atoms with E-state index in [0.29, 0.717) is 6.54 Å². The third-order valence-electron chi connectivity index (χ3n) is 1.41. The Labute approximate surface area is 64.5 Å². The summed E-state index contributed by atoms with van der Waals surface area (Å²) in [6, 6.07) is 2.09. The molecule has 0 saturated carbocycles. The second-order valence-corrected chi connectivity index (χ2v) is 3.73. The SMILES string of the molecule is Cc1cc(CNO)c(C)s1. The summed E-state index contributed by atoms with van der Waals surface area (Å²) in [5, 5.41) is 8.41. The Morgan fingerprint density at radius 1 is 1.60 bits per heavy atom. The molecule has 0 spiro atoms. The summed E-state index contributed by atoms with van der Waals surface area (Å²) in [6.45, 7) is 4.68. The van der Waals surface area contributed by atoms with Gasteiger partial charge in [-0.25, -0.2) is 5.48 Å². The molecule has 0 saturated heterocycles. The van der Waals surface area contributed by atoms with E-state index < -0.39 is 0 Å². The third kappa shape index (κ3) is 1.56. The maximum atomic E-state index is 8.41. The number of rotatable bonds is 2. The van der Waals surface area contributed by atoms with E-state index >= 15 is 0 Å². The molecule has 0 bridgehead atoms. The standard InChI is InChI=1S/C7H11NOS/c1-5-3-7(4-8-9)6(2)10-5/h3,8-9H,4H2,1-2H3. The van der Waals surface area contributed by atoms with Crippen LogP contribution < -0.4 is 5.48 Å². The molecule has 0 aromatic carbocycles. The van der Waals surface area contributed by atoms with Gasteiger partial charge in [0.25, 0.3) is 0 Å². The van der Waals surface area contributed by atoms with Crippen molar-refractivity contribution < 1.29 is 5.21 Å². The van der Waals surface area contributed by atoms with Crippen molar-refractivity contribution >= 4 is 11.3 Å². The van der Waals surface area contributed by atoms with Gasteiger partial charge in [-0.1, -0.05) is 0 Å². The summed E-state index contributed by atoms with van der Waals surface area (Å²) in [4.78, 5) is 2.57. The maximum Gasteiger partial charge on any atom is 0.0469 e. The molecular weight excluding hydrogens is 146 g/mol. The fourth-order valence-corrected chi connectivity index (χ4v) is 1.89. The summed E-state index contributed by atoms with van der Waals surface area (Å²) in [5.41, 5.74) is 3.33. The van der Waals surface area contributed by atoms with Crippen molar-refractivity contribution in [2.24, 2.45) is 0 Å². The predicted molar refractivity (Wildman–Crippen MR) is 42.4 cm³/mol. The summed E-state index contributed by atoms with van der Waals surface area (Å²) in [7, 11) is 0. The Morgan fingerprint density at radius 3 is 2.70 bits per heavy atom. The Bertz CT molecular complexity index is 219. The molecular formula is C7H11NOS. The van der Waals surface area contributed by atoms with Crippen LogP contribution in [0.3, 0.4) is 0 Å². The molecule has 1 heterocycles. The van der Waals surface area contributed by atoms with Crippen LogP contribution in [0.1, 0.15) is 15.3 Å². The lowest BCUT2D eigenvalue weighted by molar-refractivity contribution is 0.161. The maximum absolute atomic E-state index is 8.41. The second kappa shape index (κ2) is 3.14. The predicted octanol–water partition coefficient (Wildman–Crippen LogP) is 1.84. The lowest BCUT2D eigenvalue weighted by atomic mass is 10.2. The average molecular weight is 157 g/mol. The fourth-order valence-electron chi connectivity index (χ4n) is 0.944. The first-order valence-corrected chi connectivity index (χ1v) is 3.98. The molecule has 10 heavy (non-hydrogen) atoms. The summed E-state index contributed by atoms with van der Waals surface area (Å²) in [6.07, 6.45) is 0. The third-order valence-corrected chi connectivity index (χ3v) is 2.42. The van der Waals surface area contributed by atoms with E-state index in [2.05, 4.69) is 25.4 Å². The number of hydrogen-bond donors (Lipinski definition) is 2. The molecule has 1 aromatic heterocycles. The van der Waals surface area contributed by atoms with Gasteiger partial charge in [-0.3, -0.25) is 0 Å². The highest BCUT2D eigenvalue weighted by atomic mass is 32.1. The minimum Gasteiger partial charge on any atom is -0.316 e. The molecule has 0 radical (unpaired) electrons. The van der Waals surface area contributed by atoms with Gasteiger partial charge in [0.1, 0.15) is 0 Å². The molecule has 0 unspecified atom stereocenters. The smallest absolute Gasteiger partial charge is 0.0469 e. The van der Waals surface area contributed by atoms with Crippen molar-refractivity contribution in [3.8, 4) is 0 Å². The molecule has 2 N–H and O–H groups in total. The fraction of sp³-hybridized carbons (Fsp3) is 0.429. The summed E-state index contributed by atoms with van der Waals surface area (Å²) in [5.74, 6) is 0. The number of thiophene rings is 1. The van der Waals surface area contributed by atoms with Crippen LogP contribution in [-0.4, -0.2) is 5.21 Å². The molecule has 1 rings (SSSR count). The molecule has 0 aliphatic carbocycles. The second-order valence-electron chi connectivity index (χ2n) is 2.27. The highest BCUT2D eigenvalue weighted by Crippen LogP contribution is 2.19. The van der Waals surface area contributed by atoms with Gasteiger partial charge in [0.05, 0.1) is 0 Å². The zero-order chi connectivity index (χ0) is 7.56. The minimum absolute atomic E-state index is 0.552. The van der Waals surface area contributed by atoms with Crippen molar-refractivity contribution in [2.45, 2.75) is 20.4 Å². The van der Waals surface area contributed by atoms with Crippen LogP contribution in [0, 0.1) is 13.8 Å². The van der Waals surface area contributed by atoms with Crippen LogP contribution in [-0.2, 0) is 6.54 Å². The Morgan fingerprint density at radius 2 is 2.30 bits per heavy atom. The lowest BCUT2D eigenvalue weighted by Gasteiger charge is -1.93. The van der Waals surface area contributed by atoms with Crippen molar-refractivity contribution in [1.29, 1.82) is 0 Å². The molecule has 3 heteroatoms. The van der Waals surface area contributed by atoms with Gasteiger partial charge in [-0.15, -0.1) is 11.3 Å². The van der Waals surface area contributed by atoms with E-state index in [1.54, 1.807) is 11.3 Å². The largest absolute Gasteiger partial charge is 0.316 e. The van der Waals surface area contributed by atoms with Gasteiger partial charge in [-0.2, -0.15) is 0 Å². The average Bonchev–Trinajstić information content (AvgIpc) is 2.13. The van der Waals surface area contributed by atoms with E-state index in [1.165, 1.54) is 15.3 Å². The number of hydroxylamine groups is 1. The first-order chi connectivity index (χ1) is 4.74. The molecule has 1 aromatic rings. The van der Waals surface area contributed by atoms with E-state index in [4.69, 9.17) is 5.21 Å². The molecule has 0 amide bonds. The number of hydrogen-bond acceptors (Lipinski definition) is 3. The van der Waals surface area contributed by atoms with Crippen LogP contribution in [0.15, 0.2) is 6.07 Å². The molecule has 2 nitrogen and oxygen atoms in total. The molecule has 0 aliphatic heterocycles. The Kier molecular flexibility index (Phi) is 2.43. The van der Waals surface area contributed by atoms with Gasteiger partial charge in [0, 0.05) is 16.3 Å². The van der Waals surface area contributed by atoms with Crippen LogP contribution in [0.25, 0.3) is 0 Å². The van der Waals surface area contributed by atoms with Crippen LogP contribution in [0.4, 0.5) is 0 Å². The highest BCUT2D eigenvalue weighted by molar-refractivity contribution is 7.12. The van der Waals surface area contributed by atoms with E-state index in [1.807, 2.05) is 0 Å². The highest BCUT2D eigenvalue weighted by Gasteiger charge is 2.00. The first-order valence-electron chi connectivity index (χ1n) is 3.17. The first kappa shape index (κ1) is 7.72. The van der Waals surface area contributed by atoms with Gasteiger partial charge >= 0.3 is 0 Å². The van der Waals surface area contributed by atoms with Crippen LogP contribution >= 0.6 is 11.3 Å². The van der Waals surface area contributed by atoms with Gasteiger partial charge in [-0.05, 0) is 25.5 Å². The summed E-state index contributed by atoms with van der Waals surface area (Å²) < 4.78 is 0. The number of nitrogens with one attached hydrogen (secondary N) is 1. The van der Waals surface area contributed by atoms with Crippen LogP contribution in [0.2, 0.25) is 0 Å². The van der Waals surface area contributed by atoms with Crippen molar-refractivity contribution in [1.82, 2.24) is 5.48 Å². The monoisotopic (exact) mass is 157 g/mol. The Hall–Kier alpha value is -0.380. The van der Waals surface area contributed by atoms with Gasteiger partial charge in [0.15, 0.2) is 0 Å². The van der Waals surface area contributed by atoms with Crippen molar-refractivity contribution in [3.05, 3.63) is 21.4 Å². The van der Waals surface area contributed by atoms with Gasteiger partial charge < -0.3 is 5.21 Å². The van der Waals surface area contributed by atoms with Crippen molar-refractivity contribution in [2.75, 3.05) is 0 Å². The van der Waals surface area contributed by atoms with Crippen molar-refractivity contribution in [3.63, 3.8) is 0 Å². The molecule has 0 fully saturated rings. The zero-order valence-electron chi connectivity index (χ0n) is 6.14. The normalized spacial score (nSPS) is 10.3. The quantitative estimate of drug-likeness (QED) is 0.642. The van der Waals surface area contributed by atoms with E-state index in [0.717, 1.165) is 0 Å². The van der Waals surface area contributed by atoms with Crippen LogP contribution in [0.5, 0.6) is 0 Å². The lowest BCUT2D eigenvalue weighted by Crippen LogP contribution is -2.05. The number of aryl methyl sites for hydroxylation is 2. The molecule has 56 valence electrons. The topological polar surface area (TPSA) is 32.3 Å². The molecule has 0 aliphatic rings. The van der Waals surface area contributed by atoms with Gasteiger partial charge in [0.2, 0.25) is 0 Å². The molecule has 0 atom stereocenters. The Balaban J connectivity index is 2.81. The van der Waals surface area contributed by atoms with E-state index in [-0.39, 0.29) is 0 Å².